The lowest BCUT2D eigenvalue weighted by molar-refractivity contribution is 0.203. The number of hydrogen-bond donors (Lipinski definition) is 1. The summed E-state index contributed by atoms with van der Waals surface area (Å²) in [6.45, 7) is 4.17. The van der Waals surface area contributed by atoms with E-state index < -0.39 is 0 Å². The molecule has 0 aliphatic carbocycles. The fraction of sp³-hybridized carbons (Fsp3) is 0.444. The second kappa shape index (κ2) is 7.32. The van der Waals surface area contributed by atoms with Gasteiger partial charge < -0.3 is 15.1 Å². The Bertz CT molecular complexity index is 713. The molecule has 1 atom stereocenters. The highest BCUT2D eigenvalue weighted by Crippen LogP contribution is 2.24. The van der Waals surface area contributed by atoms with Crippen LogP contribution in [0.15, 0.2) is 29.6 Å². The number of urea groups is 1. The topological polar surface area (TPSA) is 48.5 Å². The number of benzene rings is 1. The van der Waals surface area contributed by atoms with E-state index in [1.165, 1.54) is 5.56 Å². The van der Waals surface area contributed by atoms with Gasteiger partial charge in [0.2, 0.25) is 0 Å². The average molecular weight is 344 g/mol. The molecular weight excluding hydrogens is 320 g/mol. The number of rotatable bonds is 4. The molecule has 0 saturated carbocycles. The Labute approximate surface area is 147 Å². The van der Waals surface area contributed by atoms with Crippen LogP contribution in [0.25, 0.3) is 10.6 Å². The van der Waals surface area contributed by atoms with E-state index in [2.05, 4.69) is 54.4 Å². The number of likely N-dealkylation sites (N-methyl/N-ethyl adjacent to an activating group) is 1. The highest BCUT2D eigenvalue weighted by atomic mass is 32.1. The van der Waals surface area contributed by atoms with E-state index in [9.17, 15) is 4.79 Å². The van der Waals surface area contributed by atoms with Crippen molar-refractivity contribution in [2.24, 2.45) is 0 Å². The monoisotopic (exact) mass is 344 g/mol. The van der Waals surface area contributed by atoms with E-state index in [0.29, 0.717) is 12.6 Å². The van der Waals surface area contributed by atoms with Gasteiger partial charge in [0.15, 0.2) is 0 Å². The number of amides is 2. The SMILES string of the molecule is Cc1cccc(-c2nc(CNC(=O)N3CC[C@@H](N(C)C)C3)cs2)c1. The van der Waals surface area contributed by atoms with E-state index in [4.69, 9.17) is 0 Å². The van der Waals surface area contributed by atoms with Gasteiger partial charge in [-0.15, -0.1) is 11.3 Å². The molecule has 1 aliphatic heterocycles. The molecule has 5 nitrogen and oxygen atoms in total. The standard InChI is InChI=1S/C18H24N4OS/c1-13-5-4-6-14(9-13)17-20-15(12-24-17)10-19-18(23)22-8-7-16(11-22)21(2)3/h4-6,9,12,16H,7-8,10-11H2,1-3H3,(H,19,23)/t16-/m1/s1. The first-order chi connectivity index (χ1) is 11.5. The molecule has 1 aromatic carbocycles. The zero-order chi connectivity index (χ0) is 17.1. The maximum Gasteiger partial charge on any atom is 0.317 e. The quantitative estimate of drug-likeness (QED) is 0.928. The predicted molar refractivity (Wildman–Crippen MR) is 98.2 cm³/mol. The molecule has 2 amide bonds. The van der Waals surface area contributed by atoms with Gasteiger partial charge in [0.25, 0.3) is 0 Å². The third kappa shape index (κ3) is 3.94. The van der Waals surface area contributed by atoms with Crippen molar-refractivity contribution >= 4 is 17.4 Å². The molecular formula is C18H24N4OS. The van der Waals surface area contributed by atoms with Crippen LogP contribution in [0.1, 0.15) is 17.7 Å². The Hall–Kier alpha value is -1.92. The number of hydrogen-bond acceptors (Lipinski definition) is 4. The Morgan fingerprint density at radius 1 is 1.46 bits per heavy atom. The van der Waals surface area contributed by atoms with Gasteiger partial charge in [-0.25, -0.2) is 9.78 Å². The van der Waals surface area contributed by atoms with Crippen LogP contribution < -0.4 is 5.32 Å². The number of carbonyl (C=O) groups is 1. The largest absolute Gasteiger partial charge is 0.332 e. The maximum absolute atomic E-state index is 12.3. The van der Waals surface area contributed by atoms with Gasteiger partial charge in [-0.05, 0) is 33.5 Å². The van der Waals surface area contributed by atoms with E-state index in [-0.39, 0.29) is 6.03 Å². The van der Waals surface area contributed by atoms with Crippen LogP contribution in [0, 0.1) is 6.92 Å². The number of likely N-dealkylation sites (tertiary alicyclic amines) is 1. The molecule has 128 valence electrons. The Morgan fingerprint density at radius 2 is 2.29 bits per heavy atom. The number of nitrogens with zero attached hydrogens (tertiary/aromatic N) is 3. The average Bonchev–Trinajstić information content (AvgIpc) is 3.22. The first kappa shape index (κ1) is 16.9. The van der Waals surface area contributed by atoms with Crippen molar-refractivity contribution in [1.29, 1.82) is 0 Å². The number of nitrogens with one attached hydrogen (secondary N) is 1. The summed E-state index contributed by atoms with van der Waals surface area (Å²) in [6.07, 6.45) is 1.04. The number of thiazole rings is 1. The van der Waals surface area contributed by atoms with Gasteiger partial charge in [0, 0.05) is 30.1 Å². The van der Waals surface area contributed by atoms with Crippen molar-refractivity contribution in [3.8, 4) is 10.6 Å². The van der Waals surface area contributed by atoms with Gasteiger partial charge in [0.1, 0.15) is 5.01 Å². The van der Waals surface area contributed by atoms with Crippen LogP contribution in [-0.2, 0) is 6.54 Å². The van der Waals surface area contributed by atoms with Crippen LogP contribution >= 0.6 is 11.3 Å². The normalized spacial score (nSPS) is 17.5. The molecule has 2 heterocycles. The van der Waals surface area contributed by atoms with Gasteiger partial charge >= 0.3 is 6.03 Å². The van der Waals surface area contributed by atoms with Crippen molar-refractivity contribution in [3.05, 3.63) is 40.9 Å². The van der Waals surface area contributed by atoms with Crippen molar-refractivity contribution < 1.29 is 4.79 Å². The van der Waals surface area contributed by atoms with Crippen LogP contribution in [0.5, 0.6) is 0 Å². The van der Waals surface area contributed by atoms with E-state index in [1.807, 2.05) is 16.3 Å². The van der Waals surface area contributed by atoms with Crippen LogP contribution in [-0.4, -0.2) is 54.0 Å². The predicted octanol–water partition coefficient (Wildman–Crippen LogP) is 2.96. The lowest BCUT2D eigenvalue weighted by Gasteiger charge is -2.20. The summed E-state index contributed by atoms with van der Waals surface area (Å²) in [5, 5.41) is 6.00. The van der Waals surface area contributed by atoms with Gasteiger partial charge in [-0.3, -0.25) is 0 Å². The maximum atomic E-state index is 12.3. The van der Waals surface area contributed by atoms with Gasteiger partial charge in [0.05, 0.1) is 12.2 Å². The molecule has 1 N–H and O–H groups in total. The first-order valence-electron chi connectivity index (χ1n) is 8.23. The summed E-state index contributed by atoms with van der Waals surface area (Å²) in [6, 6.07) is 8.79. The molecule has 0 unspecified atom stereocenters. The Balaban J connectivity index is 1.55. The van der Waals surface area contributed by atoms with Crippen molar-refractivity contribution in [3.63, 3.8) is 0 Å². The molecule has 1 saturated heterocycles. The van der Waals surface area contributed by atoms with Crippen molar-refractivity contribution in [2.75, 3.05) is 27.2 Å². The summed E-state index contributed by atoms with van der Waals surface area (Å²) in [7, 11) is 4.13. The molecule has 24 heavy (non-hydrogen) atoms. The molecule has 0 radical (unpaired) electrons. The van der Waals surface area contributed by atoms with E-state index >= 15 is 0 Å². The smallest absolute Gasteiger partial charge is 0.317 e. The van der Waals surface area contributed by atoms with Crippen LogP contribution in [0.3, 0.4) is 0 Å². The van der Waals surface area contributed by atoms with Crippen molar-refractivity contribution in [2.45, 2.75) is 25.9 Å². The second-order valence-corrected chi connectivity index (χ2v) is 7.38. The van der Waals surface area contributed by atoms with E-state index in [1.54, 1.807) is 11.3 Å². The summed E-state index contributed by atoms with van der Waals surface area (Å²) in [5.74, 6) is 0. The molecule has 1 aromatic heterocycles. The molecule has 1 aliphatic rings. The highest BCUT2D eigenvalue weighted by Gasteiger charge is 2.27. The number of aryl methyl sites for hydroxylation is 1. The fourth-order valence-electron chi connectivity index (χ4n) is 2.92. The molecule has 2 aromatic rings. The van der Waals surface area contributed by atoms with Crippen LogP contribution in [0.2, 0.25) is 0 Å². The minimum atomic E-state index is 0.00413. The zero-order valence-electron chi connectivity index (χ0n) is 14.5. The lowest BCUT2D eigenvalue weighted by Crippen LogP contribution is -2.40. The first-order valence-corrected chi connectivity index (χ1v) is 9.11. The van der Waals surface area contributed by atoms with Crippen molar-refractivity contribution in [1.82, 2.24) is 20.1 Å². The minimum absolute atomic E-state index is 0.00413. The molecule has 3 rings (SSSR count). The molecule has 1 fully saturated rings. The summed E-state index contributed by atoms with van der Waals surface area (Å²) in [4.78, 5) is 21.0. The second-order valence-electron chi connectivity index (χ2n) is 6.52. The number of carbonyl (C=O) groups excluding carboxylic acids is 1. The molecule has 0 bridgehead atoms. The third-order valence-corrected chi connectivity index (χ3v) is 5.36. The zero-order valence-corrected chi connectivity index (χ0v) is 15.3. The minimum Gasteiger partial charge on any atom is -0.332 e. The van der Waals surface area contributed by atoms with Gasteiger partial charge in [-0.2, -0.15) is 0 Å². The highest BCUT2D eigenvalue weighted by molar-refractivity contribution is 7.13. The lowest BCUT2D eigenvalue weighted by atomic mass is 10.1. The molecule has 0 spiro atoms. The van der Waals surface area contributed by atoms with Crippen LogP contribution in [0.4, 0.5) is 4.79 Å². The fourth-order valence-corrected chi connectivity index (χ4v) is 3.74. The summed E-state index contributed by atoms with van der Waals surface area (Å²) in [5.41, 5.74) is 3.26. The number of aromatic nitrogens is 1. The van der Waals surface area contributed by atoms with E-state index in [0.717, 1.165) is 35.8 Å². The Morgan fingerprint density at radius 3 is 3.00 bits per heavy atom. The Kier molecular flexibility index (Phi) is 5.16. The molecule has 6 heteroatoms. The van der Waals surface area contributed by atoms with Gasteiger partial charge in [-0.1, -0.05) is 23.8 Å². The summed E-state index contributed by atoms with van der Waals surface area (Å²) < 4.78 is 0. The summed E-state index contributed by atoms with van der Waals surface area (Å²) >= 11 is 1.62. The third-order valence-electron chi connectivity index (χ3n) is 4.42.